The molecule has 38 heavy (non-hydrogen) atoms. The third-order valence-electron chi connectivity index (χ3n) is 7.83. The van der Waals surface area contributed by atoms with Crippen molar-refractivity contribution in [2.75, 3.05) is 6.61 Å². The van der Waals surface area contributed by atoms with Crippen LogP contribution in [0.1, 0.15) is 94.9 Å². The lowest BCUT2D eigenvalue weighted by atomic mass is 9.80. The zero-order valence-corrected chi connectivity index (χ0v) is 26.4. The maximum Gasteiger partial charge on any atom is 0.130 e. The van der Waals surface area contributed by atoms with Gasteiger partial charge in [0.2, 0.25) is 0 Å². The monoisotopic (exact) mass is 528 g/mol. The van der Waals surface area contributed by atoms with E-state index in [1.54, 1.807) is 0 Å². The Morgan fingerprint density at radius 3 is 2.26 bits per heavy atom. The number of benzene rings is 2. The van der Waals surface area contributed by atoms with Crippen LogP contribution in [-0.4, -0.2) is 21.7 Å². The second-order valence-electron chi connectivity index (χ2n) is 13.1. The highest BCUT2D eigenvalue weighted by molar-refractivity contribution is 6.33. The fourth-order valence-corrected chi connectivity index (χ4v) is 7.25. The van der Waals surface area contributed by atoms with Gasteiger partial charge in [-0.3, -0.25) is 0 Å². The molecule has 0 amide bonds. The number of unbranched alkanes of at least 4 members (excludes halogenated alkanes) is 1. The lowest BCUT2D eigenvalue weighted by Crippen LogP contribution is -2.20. The topological polar surface area (TPSA) is 22.4 Å². The summed E-state index contributed by atoms with van der Waals surface area (Å²) in [4.78, 5) is 0. The first-order valence-electron chi connectivity index (χ1n) is 14.6. The molecule has 204 valence electrons. The largest absolute Gasteiger partial charge is 0.462 e. The highest BCUT2D eigenvalue weighted by Gasteiger charge is 2.35. The maximum atomic E-state index is 6.26. The summed E-state index contributed by atoms with van der Waals surface area (Å²) in [5.74, 6) is 3.05. The van der Waals surface area contributed by atoms with E-state index in [0.29, 0.717) is 11.8 Å². The van der Waals surface area contributed by atoms with Crippen LogP contribution in [0.25, 0.3) is 22.8 Å². The van der Waals surface area contributed by atoms with Gasteiger partial charge < -0.3 is 9.15 Å². The lowest BCUT2D eigenvalue weighted by Gasteiger charge is -2.27. The number of allylic oxidation sites excluding steroid dienone is 1. The molecule has 1 aliphatic carbocycles. The second-order valence-corrected chi connectivity index (χ2v) is 14.7. The van der Waals surface area contributed by atoms with Crippen molar-refractivity contribution in [3.63, 3.8) is 0 Å². The molecule has 0 spiro atoms. The zero-order valence-electron chi connectivity index (χ0n) is 25.0. The number of aryl methyl sites for hydroxylation is 1. The van der Waals surface area contributed by atoms with Gasteiger partial charge in [0.25, 0.3) is 0 Å². The SMILES string of the molecule is C[SiH2]CC(CCCCOC(C)(C)C)C1C(c2ccc(C)o2)=Cc2c(-c3ccc(C(C)(C)C)cc3)cccc21. The Balaban J connectivity index is 1.68. The van der Waals surface area contributed by atoms with Crippen molar-refractivity contribution in [2.24, 2.45) is 5.92 Å². The highest BCUT2D eigenvalue weighted by Crippen LogP contribution is 2.51. The van der Waals surface area contributed by atoms with Crippen molar-refractivity contribution in [1.29, 1.82) is 0 Å². The minimum Gasteiger partial charge on any atom is -0.462 e. The number of ether oxygens (including phenoxy) is 1. The second kappa shape index (κ2) is 11.8. The fraction of sp³-hybridized carbons (Fsp3) is 0.486. The summed E-state index contributed by atoms with van der Waals surface area (Å²) in [5.41, 5.74) is 8.31. The molecule has 0 N–H and O–H groups in total. The first-order valence-corrected chi connectivity index (χ1v) is 17.1. The molecular weight excluding hydrogens is 480 g/mol. The van der Waals surface area contributed by atoms with Crippen molar-refractivity contribution < 1.29 is 9.15 Å². The molecule has 0 fully saturated rings. The molecule has 1 heterocycles. The highest BCUT2D eigenvalue weighted by atomic mass is 28.2. The van der Waals surface area contributed by atoms with Gasteiger partial charge in [-0.15, -0.1) is 0 Å². The van der Waals surface area contributed by atoms with E-state index in [1.165, 1.54) is 52.3 Å². The summed E-state index contributed by atoms with van der Waals surface area (Å²) in [6.45, 7) is 18.6. The van der Waals surface area contributed by atoms with Crippen LogP contribution in [0.2, 0.25) is 12.6 Å². The number of hydrogen-bond acceptors (Lipinski definition) is 2. The zero-order chi connectivity index (χ0) is 27.5. The minimum absolute atomic E-state index is 0.0608. The molecule has 0 radical (unpaired) electrons. The standard InChI is InChI=1S/C35H48O2Si/c1-24-15-20-32(37-24)31-22-30-28(25-16-18-27(19-17-25)34(2,3)4)13-11-14-29(30)33(31)26(23-38-8)12-9-10-21-36-35(5,6)7/h11,13-20,22,26,33H,9-10,12,21,23,38H2,1-8H3. The number of fused-ring (bicyclic) bond motifs is 1. The third kappa shape index (κ3) is 6.79. The number of furan rings is 1. The van der Waals surface area contributed by atoms with Crippen LogP contribution in [0.15, 0.2) is 59.0 Å². The molecule has 4 rings (SSSR count). The summed E-state index contributed by atoms with van der Waals surface area (Å²) in [6, 6.07) is 21.8. The van der Waals surface area contributed by atoms with Gasteiger partial charge in [-0.05, 0) is 97.9 Å². The summed E-state index contributed by atoms with van der Waals surface area (Å²) < 4.78 is 12.3. The summed E-state index contributed by atoms with van der Waals surface area (Å²) in [7, 11) is -0.0940. The first kappa shape index (κ1) is 28.6. The molecular formula is C35H48O2Si. The average molecular weight is 529 g/mol. The van der Waals surface area contributed by atoms with Crippen LogP contribution in [0.5, 0.6) is 0 Å². The molecule has 0 saturated carbocycles. The lowest BCUT2D eigenvalue weighted by molar-refractivity contribution is -0.00500. The van der Waals surface area contributed by atoms with Crippen LogP contribution < -0.4 is 0 Å². The quantitative estimate of drug-likeness (QED) is 0.193. The molecule has 2 unspecified atom stereocenters. The van der Waals surface area contributed by atoms with E-state index >= 15 is 0 Å². The van der Waals surface area contributed by atoms with Crippen molar-refractivity contribution in [3.8, 4) is 11.1 Å². The van der Waals surface area contributed by atoms with E-state index in [9.17, 15) is 0 Å². The third-order valence-corrected chi connectivity index (χ3v) is 9.15. The fourth-order valence-electron chi connectivity index (χ4n) is 5.89. The molecule has 0 saturated heterocycles. The maximum absolute atomic E-state index is 6.26. The Kier molecular flexibility index (Phi) is 8.89. The average Bonchev–Trinajstić information content (AvgIpc) is 3.45. The Hall–Kier alpha value is -2.36. The van der Waals surface area contributed by atoms with Crippen molar-refractivity contribution >= 4 is 21.2 Å². The van der Waals surface area contributed by atoms with Gasteiger partial charge in [0.1, 0.15) is 11.5 Å². The van der Waals surface area contributed by atoms with Gasteiger partial charge in [0, 0.05) is 27.6 Å². The van der Waals surface area contributed by atoms with E-state index in [4.69, 9.17) is 9.15 Å². The predicted octanol–water partition coefficient (Wildman–Crippen LogP) is 9.43. The molecule has 0 aliphatic heterocycles. The molecule has 2 atom stereocenters. The van der Waals surface area contributed by atoms with E-state index in [1.807, 2.05) is 0 Å². The molecule has 3 aromatic rings. The van der Waals surface area contributed by atoms with Gasteiger partial charge in [-0.1, -0.05) is 82.2 Å². The van der Waals surface area contributed by atoms with Crippen LogP contribution in [0, 0.1) is 12.8 Å². The van der Waals surface area contributed by atoms with Crippen LogP contribution in [0.4, 0.5) is 0 Å². The summed E-state index contributed by atoms with van der Waals surface area (Å²) >= 11 is 0. The Labute approximate surface area is 233 Å². The van der Waals surface area contributed by atoms with E-state index in [2.05, 4.69) is 116 Å². The van der Waals surface area contributed by atoms with E-state index in [0.717, 1.165) is 24.5 Å². The van der Waals surface area contributed by atoms with Crippen molar-refractivity contribution in [2.45, 2.75) is 97.3 Å². The Morgan fingerprint density at radius 2 is 1.66 bits per heavy atom. The summed E-state index contributed by atoms with van der Waals surface area (Å²) in [5, 5.41) is 0. The van der Waals surface area contributed by atoms with Crippen LogP contribution in [-0.2, 0) is 10.2 Å². The smallest absolute Gasteiger partial charge is 0.130 e. The Morgan fingerprint density at radius 1 is 0.921 bits per heavy atom. The molecule has 1 aliphatic rings. The predicted molar refractivity (Wildman–Crippen MR) is 167 cm³/mol. The van der Waals surface area contributed by atoms with Gasteiger partial charge in [-0.25, -0.2) is 0 Å². The van der Waals surface area contributed by atoms with Gasteiger partial charge >= 0.3 is 0 Å². The normalized spacial score (nSPS) is 16.7. The molecule has 3 heteroatoms. The molecule has 2 aromatic carbocycles. The van der Waals surface area contributed by atoms with E-state index in [-0.39, 0.29) is 20.5 Å². The van der Waals surface area contributed by atoms with Crippen LogP contribution >= 0.6 is 0 Å². The molecule has 1 aromatic heterocycles. The summed E-state index contributed by atoms with van der Waals surface area (Å²) in [6.07, 6.45) is 6.01. The van der Waals surface area contributed by atoms with Crippen molar-refractivity contribution in [3.05, 3.63) is 82.8 Å². The Bertz CT molecular complexity index is 1230. The minimum atomic E-state index is -0.0940. The molecule has 2 nitrogen and oxygen atoms in total. The van der Waals surface area contributed by atoms with Gasteiger partial charge in [0.15, 0.2) is 0 Å². The van der Waals surface area contributed by atoms with Gasteiger partial charge in [-0.2, -0.15) is 0 Å². The number of rotatable bonds is 10. The number of hydrogen-bond donors (Lipinski definition) is 0. The van der Waals surface area contributed by atoms with Gasteiger partial charge in [0.05, 0.1) is 5.60 Å². The van der Waals surface area contributed by atoms with E-state index < -0.39 is 0 Å². The van der Waals surface area contributed by atoms with Crippen molar-refractivity contribution in [1.82, 2.24) is 0 Å². The first-order chi connectivity index (χ1) is 18.0. The van der Waals surface area contributed by atoms with Crippen LogP contribution in [0.3, 0.4) is 0 Å². The molecule has 0 bridgehead atoms.